The van der Waals surface area contributed by atoms with Gasteiger partial charge in [0.1, 0.15) is 0 Å². The van der Waals surface area contributed by atoms with Crippen LogP contribution in [0.5, 0.6) is 0 Å². The Hall–Kier alpha value is -1.36. The third kappa shape index (κ3) is 6.36. The van der Waals surface area contributed by atoms with Crippen molar-refractivity contribution in [2.24, 2.45) is 5.73 Å². The molecule has 1 atom stereocenters. The van der Waals surface area contributed by atoms with E-state index in [9.17, 15) is 0 Å². The Morgan fingerprint density at radius 1 is 1.19 bits per heavy atom. The molecule has 0 aliphatic heterocycles. The number of fused-ring (bicyclic) bond motifs is 1. The Labute approximate surface area is 215 Å². The molecule has 176 valence electrons. The van der Waals surface area contributed by atoms with E-state index in [1.807, 2.05) is 6.33 Å². The first-order chi connectivity index (χ1) is 14.5. The van der Waals surface area contributed by atoms with Crippen LogP contribution in [0, 0.1) is 3.57 Å². The van der Waals surface area contributed by atoms with Gasteiger partial charge < -0.3 is 20.9 Å². The van der Waals surface area contributed by atoms with Gasteiger partial charge >= 0.3 is 0 Å². The van der Waals surface area contributed by atoms with Gasteiger partial charge in [0.2, 0.25) is 5.95 Å². The van der Waals surface area contributed by atoms with Gasteiger partial charge in [-0.05, 0) is 79.3 Å². The van der Waals surface area contributed by atoms with Gasteiger partial charge in [0.05, 0.1) is 6.33 Å². The Morgan fingerprint density at radius 2 is 1.94 bits per heavy atom. The number of nitrogens with two attached hydrogens (primary N) is 1. The van der Waals surface area contributed by atoms with Crippen LogP contribution in [-0.2, 0) is 6.54 Å². The van der Waals surface area contributed by atoms with Crippen molar-refractivity contribution in [2.45, 2.75) is 70.6 Å². The number of nitrogens with one attached hydrogen (secondary N) is 2. The highest BCUT2D eigenvalue weighted by atomic mass is 127. The second-order valence-electron chi connectivity index (χ2n) is 8.22. The van der Waals surface area contributed by atoms with Crippen LogP contribution in [0.25, 0.3) is 11.2 Å². The smallest absolute Gasteiger partial charge is 0.227 e. The van der Waals surface area contributed by atoms with Crippen LogP contribution in [0.15, 0.2) is 30.6 Å². The molecule has 1 saturated carbocycles. The van der Waals surface area contributed by atoms with Gasteiger partial charge in [-0.25, -0.2) is 4.98 Å². The van der Waals surface area contributed by atoms with Gasteiger partial charge in [0.15, 0.2) is 17.0 Å². The van der Waals surface area contributed by atoms with Gasteiger partial charge in [-0.3, -0.25) is 0 Å². The molecule has 10 heteroatoms. The summed E-state index contributed by atoms with van der Waals surface area (Å²) in [5.74, 6) is 1.44. The molecule has 7 nitrogen and oxygen atoms in total. The number of imidazole rings is 1. The SMILES string of the molecule is CCC(C)n1cnc2c(NCc3cccc(I)c3)nc(NC3CCC(N)CC3)nc21.Cl.Cl. The van der Waals surface area contributed by atoms with Crippen LogP contribution in [-0.4, -0.2) is 31.6 Å². The predicted molar refractivity (Wildman–Crippen MR) is 145 cm³/mol. The van der Waals surface area contributed by atoms with Crippen molar-refractivity contribution in [3.63, 3.8) is 0 Å². The zero-order valence-corrected chi connectivity index (χ0v) is 22.2. The third-order valence-electron chi connectivity index (χ3n) is 5.94. The van der Waals surface area contributed by atoms with E-state index in [1.165, 1.54) is 9.13 Å². The zero-order valence-electron chi connectivity index (χ0n) is 18.4. The summed E-state index contributed by atoms with van der Waals surface area (Å²) in [5.41, 5.74) is 8.97. The molecule has 2 aromatic heterocycles. The molecule has 4 rings (SSSR count). The fourth-order valence-electron chi connectivity index (χ4n) is 3.90. The predicted octanol–water partition coefficient (Wildman–Crippen LogP) is 5.54. The summed E-state index contributed by atoms with van der Waals surface area (Å²) < 4.78 is 3.37. The minimum Gasteiger partial charge on any atom is -0.364 e. The third-order valence-corrected chi connectivity index (χ3v) is 6.61. The van der Waals surface area contributed by atoms with Gasteiger partial charge in [-0.1, -0.05) is 19.1 Å². The molecule has 0 spiro atoms. The molecular weight excluding hydrogens is 560 g/mol. The summed E-state index contributed by atoms with van der Waals surface area (Å²) in [4.78, 5) is 14.3. The van der Waals surface area contributed by atoms with Gasteiger partial charge in [-0.15, -0.1) is 24.8 Å². The molecule has 0 radical (unpaired) electrons. The van der Waals surface area contributed by atoms with Gasteiger partial charge in [-0.2, -0.15) is 9.97 Å². The van der Waals surface area contributed by atoms with E-state index < -0.39 is 0 Å². The number of aromatic nitrogens is 4. The highest BCUT2D eigenvalue weighted by molar-refractivity contribution is 14.1. The largest absolute Gasteiger partial charge is 0.364 e. The lowest BCUT2D eigenvalue weighted by atomic mass is 9.92. The molecule has 1 aliphatic carbocycles. The summed E-state index contributed by atoms with van der Waals surface area (Å²) in [6.45, 7) is 5.06. The minimum atomic E-state index is 0. The van der Waals surface area contributed by atoms with Crippen LogP contribution in [0.4, 0.5) is 11.8 Å². The lowest BCUT2D eigenvalue weighted by molar-refractivity contribution is 0.410. The molecule has 32 heavy (non-hydrogen) atoms. The molecule has 3 aromatic rings. The maximum Gasteiger partial charge on any atom is 0.227 e. The molecule has 4 N–H and O–H groups in total. The van der Waals surface area contributed by atoms with E-state index in [4.69, 9.17) is 15.7 Å². The summed E-state index contributed by atoms with van der Waals surface area (Å²) in [6.07, 6.45) is 7.10. The van der Waals surface area contributed by atoms with E-state index in [2.05, 4.69) is 80.9 Å². The van der Waals surface area contributed by atoms with E-state index in [0.29, 0.717) is 30.6 Å². The minimum absolute atomic E-state index is 0. The number of nitrogens with zero attached hydrogens (tertiary/aromatic N) is 4. The van der Waals surface area contributed by atoms with E-state index in [0.717, 1.165) is 49.1 Å². The molecule has 0 amide bonds. The summed E-state index contributed by atoms with van der Waals surface area (Å²) in [7, 11) is 0. The average Bonchev–Trinajstić information content (AvgIpc) is 3.17. The summed E-state index contributed by atoms with van der Waals surface area (Å²) in [5, 5.41) is 7.05. The van der Waals surface area contributed by atoms with Crippen LogP contribution in [0.1, 0.15) is 57.6 Å². The van der Waals surface area contributed by atoms with Gasteiger partial charge in [0.25, 0.3) is 0 Å². The Morgan fingerprint density at radius 3 is 2.62 bits per heavy atom. The molecule has 1 fully saturated rings. The first-order valence-corrected chi connectivity index (χ1v) is 11.9. The first-order valence-electron chi connectivity index (χ1n) is 10.8. The maximum absolute atomic E-state index is 6.07. The second-order valence-corrected chi connectivity index (χ2v) is 9.46. The number of rotatable bonds is 7. The Balaban J connectivity index is 0.00000181. The fourth-order valence-corrected chi connectivity index (χ4v) is 4.51. The second kappa shape index (κ2) is 12.2. The van der Waals surface area contributed by atoms with E-state index in [-0.39, 0.29) is 24.8 Å². The standard InChI is InChI=1S/C22H30IN7.2ClH/c1-3-14(2)30-13-26-19-20(25-12-15-5-4-6-16(23)11-15)28-22(29-21(19)30)27-18-9-7-17(24)8-10-18;;/h4-6,11,13-14,17-18H,3,7-10,12,24H2,1-2H3,(H2,25,27,28,29);2*1H. The number of hydrogen-bond acceptors (Lipinski definition) is 6. The van der Waals surface area contributed by atoms with Gasteiger partial charge in [0, 0.05) is 28.2 Å². The molecule has 1 aromatic carbocycles. The quantitative estimate of drug-likeness (QED) is 0.312. The van der Waals surface area contributed by atoms with E-state index in [1.54, 1.807) is 0 Å². The lowest BCUT2D eigenvalue weighted by Gasteiger charge is -2.27. The lowest BCUT2D eigenvalue weighted by Crippen LogP contribution is -2.33. The fraction of sp³-hybridized carbons (Fsp3) is 0.500. The number of anilines is 2. The van der Waals surface area contributed by atoms with Crippen LogP contribution in [0.3, 0.4) is 0 Å². The Bertz CT molecular complexity index is 1010. The van der Waals surface area contributed by atoms with E-state index >= 15 is 0 Å². The first kappa shape index (κ1) is 26.9. The molecule has 1 unspecified atom stereocenters. The maximum atomic E-state index is 6.07. The normalized spacial score (nSPS) is 19.0. The van der Waals surface area contributed by atoms with Crippen LogP contribution in [0.2, 0.25) is 0 Å². The van der Waals surface area contributed by atoms with Crippen molar-refractivity contribution in [2.75, 3.05) is 10.6 Å². The van der Waals surface area contributed by atoms with Crippen molar-refractivity contribution < 1.29 is 0 Å². The van der Waals surface area contributed by atoms with Crippen LogP contribution >= 0.6 is 47.4 Å². The molecule has 0 bridgehead atoms. The molecule has 2 heterocycles. The van der Waals surface area contributed by atoms with Crippen molar-refractivity contribution in [3.8, 4) is 0 Å². The highest BCUT2D eigenvalue weighted by Crippen LogP contribution is 2.27. The molecular formula is C22H32Cl2IN7. The topological polar surface area (TPSA) is 93.7 Å². The molecule has 0 saturated heterocycles. The summed E-state index contributed by atoms with van der Waals surface area (Å²) >= 11 is 2.34. The number of halogens is 3. The summed E-state index contributed by atoms with van der Waals surface area (Å²) in [6, 6.07) is 9.49. The zero-order chi connectivity index (χ0) is 21.1. The average molecular weight is 592 g/mol. The van der Waals surface area contributed by atoms with Crippen LogP contribution < -0.4 is 16.4 Å². The van der Waals surface area contributed by atoms with Crippen molar-refractivity contribution in [1.29, 1.82) is 0 Å². The number of hydrogen-bond donors (Lipinski definition) is 3. The van der Waals surface area contributed by atoms with Crippen molar-refractivity contribution in [3.05, 3.63) is 39.7 Å². The highest BCUT2D eigenvalue weighted by Gasteiger charge is 2.21. The number of benzene rings is 1. The monoisotopic (exact) mass is 591 g/mol. The Kier molecular flexibility index (Phi) is 10.3. The van der Waals surface area contributed by atoms with Crippen molar-refractivity contribution >= 4 is 70.3 Å². The van der Waals surface area contributed by atoms with Crippen molar-refractivity contribution in [1.82, 2.24) is 19.5 Å². The molecule has 1 aliphatic rings.